The van der Waals surface area contributed by atoms with Crippen molar-refractivity contribution in [2.45, 2.75) is 282 Å². The number of hydrogen-bond donors (Lipinski definition) is 4. The first-order chi connectivity index (χ1) is 32.4. The Morgan fingerprint density at radius 3 is 1.33 bits per heavy atom. The summed E-state index contributed by atoms with van der Waals surface area (Å²) in [7, 11) is 0. The smallest absolute Gasteiger partial charge is 0.306 e. The van der Waals surface area contributed by atoms with Crippen LogP contribution in [0, 0.1) is 0 Å². The van der Waals surface area contributed by atoms with Gasteiger partial charge in [-0.15, -0.1) is 0 Å². The quantitative estimate of drug-likeness (QED) is 0.0267. The van der Waals surface area contributed by atoms with Crippen LogP contribution < -0.4 is 0 Å². The van der Waals surface area contributed by atoms with Gasteiger partial charge in [-0.25, -0.2) is 0 Å². The van der Waals surface area contributed by atoms with E-state index in [1.54, 1.807) is 0 Å². The van der Waals surface area contributed by atoms with Gasteiger partial charge < -0.3 is 39.4 Å². The Labute approximate surface area is 405 Å². The second-order valence-electron chi connectivity index (χ2n) is 19.0. The normalized spacial score (nSPS) is 19.6. The standard InChI is InChI=1S/C57H104O9/c1-3-5-7-9-11-13-15-17-19-21-23-25-26-27-28-30-32-34-36-38-40-42-44-46-53(59)65-51(50-64-57-56(62)55(61)54(60)52(48-58)66-57)49-63-47-45-43-41-39-37-35-33-31-29-24-22-20-18-16-14-12-10-8-6-4-2/h15,17-18,20-21,23,26-27,51-52,54-58,60-62H,3-14,16,19,22,24-25,28-50H2,1-2H3/b17-15-,20-18-,23-21-,27-26-. The van der Waals surface area contributed by atoms with Gasteiger partial charge in [-0.3, -0.25) is 4.79 Å². The molecule has 0 aromatic carbocycles. The molecular weight excluding hydrogens is 829 g/mol. The fourth-order valence-electron chi connectivity index (χ4n) is 8.38. The summed E-state index contributed by atoms with van der Waals surface area (Å²) in [5, 5.41) is 40.3. The van der Waals surface area contributed by atoms with Crippen molar-refractivity contribution in [2.24, 2.45) is 0 Å². The largest absolute Gasteiger partial charge is 0.457 e. The lowest BCUT2D eigenvalue weighted by Gasteiger charge is -2.39. The molecule has 1 heterocycles. The second-order valence-corrected chi connectivity index (χ2v) is 19.0. The number of ether oxygens (including phenoxy) is 4. The molecule has 0 aromatic heterocycles. The van der Waals surface area contributed by atoms with Crippen molar-refractivity contribution in [1.82, 2.24) is 0 Å². The van der Waals surface area contributed by atoms with Crippen LogP contribution in [0.2, 0.25) is 0 Å². The molecule has 0 amide bonds. The molecule has 9 nitrogen and oxygen atoms in total. The van der Waals surface area contributed by atoms with Crippen LogP contribution in [-0.2, 0) is 23.7 Å². The summed E-state index contributed by atoms with van der Waals surface area (Å²) in [5.41, 5.74) is 0. The zero-order chi connectivity index (χ0) is 47.8. The lowest BCUT2D eigenvalue weighted by atomic mass is 9.99. The van der Waals surface area contributed by atoms with E-state index in [9.17, 15) is 25.2 Å². The number of hydrogen-bond acceptors (Lipinski definition) is 9. The molecule has 1 fully saturated rings. The van der Waals surface area contributed by atoms with Crippen molar-refractivity contribution < 1.29 is 44.2 Å². The highest BCUT2D eigenvalue weighted by Gasteiger charge is 2.44. The Hall–Kier alpha value is -1.85. The minimum atomic E-state index is -1.54. The minimum Gasteiger partial charge on any atom is -0.457 e. The molecule has 1 aliphatic rings. The molecule has 0 bridgehead atoms. The molecule has 4 N–H and O–H groups in total. The lowest BCUT2D eigenvalue weighted by molar-refractivity contribution is -0.305. The molecule has 0 radical (unpaired) electrons. The van der Waals surface area contributed by atoms with Crippen LogP contribution in [0.3, 0.4) is 0 Å². The van der Waals surface area contributed by atoms with Gasteiger partial charge in [-0.1, -0.05) is 210 Å². The third-order valence-electron chi connectivity index (χ3n) is 12.7. The molecular formula is C57H104O9. The van der Waals surface area contributed by atoms with Crippen LogP contribution in [0.5, 0.6) is 0 Å². The maximum absolute atomic E-state index is 12.9. The number of esters is 1. The van der Waals surface area contributed by atoms with Gasteiger partial charge in [0.2, 0.25) is 0 Å². The van der Waals surface area contributed by atoms with Crippen LogP contribution in [0.4, 0.5) is 0 Å². The van der Waals surface area contributed by atoms with Gasteiger partial charge in [-0.05, 0) is 77.0 Å². The number of rotatable bonds is 48. The average Bonchev–Trinajstić information content (AvgIpc) is 3.32. The third-order valence-corrected chi connectivity index (χ3v) is 12.7. The molecule has 6 unspecified atom stereocenters. The number of aliphatic hydroxyl groups excluding tert-OH is 4. The van der Waals surface area contributed by atoms with Gasteiger partial charge in [0, 0.05) is 13.0 Å². The molecule has 0 spiro atoms. The second kappa shape index (κ2) is 48.2. The fraction of sp³-hybridized carbons (Fsp3) is 0.842. The molecule has 0 saturated carbocycles. The Morgan fingerprint density at radius 2 is 0.879 bits per heavy atom. The average molecular weight is 933 g/mol. The summed E-state index contributed by atoms with van der Waals surface area (Å²) < 4.78 is 22.9. The number of unbranched alkanes of at least 4 members (excludes halogenated alkanes) is 29. The Bertz CT molecular complexity index is 1150. The molecule has 6 atom stereocenters. The maximum Gasteiger partial charge on any atom is 0.306 e. The van der Waals surface area contributed by atoms with Crippen LogP contribution >= 0.6 is 0 Å². The first-order valence-electron chi connectivity index (χ1n) is 27.7. The molecule has 9 heteroatoms. The topological polar surface area (TPSA) is 135 Å². The highest BCUT2D eigenvalue weighted by Crippen LogP contribution is 2.23. The van der Waals surface area contributed by atoms with Crippen molar-refractivity contribution in [3.63, 3.8) is 0 Å². The van der Waals surface area contributed by atoms with Crippen LogP contribution in [0.1, 0.15) is 245 Å². The summed E-state index contributed by atoms with van der Waals surface area (Å²) in [5.74, 6) is -0.319. The molecule has 1 saturated heterocycles. The van der Waals surface area contributed by atoms with Crippen molar-refractivity contribution in [1.29, 1.82) is 0 Å². The van der Waals surface area contributed by atoms with Gasteiger partial charge in [0.1, 0.15) is 30.5 Å². The van der Waals surface area contributed by atoms with E-state index in [4.69, 9.17) is 18.9 Å². The molecule has 1 rings (SSSR count). The highest BCUT2D eigenvalue weighted by atomic mass is 16.7. The van der Waals surface area contributed by atoms with Gasteiger partial charge in [-0.2, -0.15) is 0 Å². The lowest BCUT2D eigenvalue weighted by Crippen LogP contribution is -2.59. The zero-order valence-corrected chi connectivity index (χ0v) is 42.7. The van der Waals surface area contributed by atoms with E-state index in [1.165, 1.54) is 173 Å². The van der Waals surface area contributed by atoms with Gasteiger partial charge in [0.15, 0.2) is 6.29 Å². The number of allylic oxidation sites excluding steroid dienone is 8. The minimum absolute atomic E-state index is 0.117. The van der Waals surface area contributed by atoms with E-state index in [1.807, 2.05) is 0 Å². The Balaban J connectivity index is 2.19. The summed E-state index contributed by atoms with van der Waals surface area (Å²) >= 11 is 0. The summed E-state index contributed by atoms with van der Waals surface area (Å²) in [6.07, 6.45) is 54.3. The highest BCUT2D eigenvalue weighted by molar-refractivity contribution is 5.69. The van der Waals surface area contributed by atoms with Gasteiger partial charge >= 0.3 is 5.97 Å². The molecule has 386 valence electrons. The Morgan fingerprint density at radius 1 is 0.485 bits per heavy atom. The Kier molecular flexibility index (Phi) is 45.4. The van der Waals surface area contributed by atoms with Crippen LogP contribution in [0.15, 0.2) is 48.6 Å². The van der Waals surface area contributed by atoms with E-state index in [2.05, 4.69) is 62.5 Å². The molecule has 1 aliphatic heterocycles. The van der Waals surface area contributed by atoms with Crippen LogP contribution in [-0.4, -0.2) is 89.6 Å². The number of carbonyl (C=O) groups is 1. The van der Waals surface area contributed by atoms with Crippen LogP contribution in [0.25, 0.3) is 0 Å². The van der Waals surface area contributed by atoms with E-state index < -0.39 is 43.4 Å². The molecule has 0 aromatic rings. The predicted octanol–water partition coefficient (Wildman–Crippen LogP) is 14.0. The number of carbonyl (C=O) groups excluding carboxylic acids is 1. The van der Waals surface area contributed by atoms with Crippen molar-refractivity contribution in [3.8, 4) is 0 Å². The van der Waals surface area contributed by atoms with Gasteiger partial charge in [0.05, 0.1) is 19.8 Å². The summed E-state index contributed by atoms with van der Waals surface area (Å²) in [6.45, 7) is 4.56. The molecule has 0 aliphatic carbocycles. The maximum atomic E-state index is 12.9. The van der Waals surface area contributed by atoms with E-state index >= 15 is 0 Å². The first kappa shape index (κ1) is 62.2. The van der Waals surface area contributed by atoms with Gasteiger partial charge in [0.25, 0.3) is 0 Å². The monoisotopic (exact) mass is 933 g/mol. The number of aliphatic hydroxyl groups is 4. The van der Waals surface area contributed by atoms with E-state index in [-0.39, 0.29) is 19.2 Å². The van der Waals surface area contributed by atoms with E-state index in [0.29, 0.717) is 13.0 Å². The predicted molar refractivity (Wildman–Crippen MR) is 275 cm³/mol. The van der Waals surface area contributed by atoms with Crippen molar-refractivity contribution in [3.05, 3.63) is 48.6 Å². The van der Waals surface area contributed by atoms with Crippen molar-refractivity contribution >= 4 is 5.97 Å². The summed E-state index contributed by atoms with van der Waals surface area (Å²) in [4.78, 5) is 12.9. The SMILES string of the molecule is CCCCCCC/C=C\C/C=C\C/C=C\CCCCCCCCCCC(=O)OC(COCCCCCCCCCCCC/C=C\CCCCCCCC)COC1OC(CO)C(O)C(O)C1O. The van der Waals surface area contributed by atoms with E-state index in [0.717, 1.165) is 51.4 Å². The first-order valence-corrected chi connectivity index (χ1v) is 27.7. The fourth-order valence-corrected chi connectivity index (χ4v) is 8.38. The summed E-state index contributed by atoms with van der Waals surface area (Å²) in [6, 6.07) is 0. The third kappa shape index (κ3) is 38.1. The zero-order valence-electron chi connectivity index (χ0n) is 42.7. The molecule has 66 heavy (non-hydrogen) atoms. The van der Waals surface area contributed by atoms with Crippen molar-refractivity contribution in [2.75, 3.05) is 26.4 Å².